The van der Waals surface area contributed by atoms with Crippen LogP contribution in [-0.2, 0) is 33.2 Å². The number of rotatable bonds is 43. The van der Waals surface area contributed by atoms with E-state index in [1.54, 1.807) is 0 Å². The summed E-state index contributed by atoms with van der Waals surface area (Å²) in [5.41, 5.74) is 0. The van der Waals surface area contributed by atoms with Crippen LogP contribution in [0.5, 0.6) is 0 Å². The minimum Gasteiger partial charge on any atom is -0.457 e. The van der Waals surface area contributed by atoms with Crippen molar-refractivity contribution in [3.63, 3.8) is 0 Å². The van der Waals surface area contributed by atoms with Gasteiger partial charge in [-0.3, -0.25) is 4.79 Å². The summed E-state index contributed by atoms with van der Waals surface area (Å²) in [5.74, 6) is -0.418. The SMILES string of the molecule is CC/C=C\C/C=C\C/C=C\C/C=C\C/C=C\C/C=C\CCCCC(=O)OC(COCCCCCCCCCCCCCCCCCC)COC1OC(COC2OC(CO)C(O)C(O)C2O)C(O)C(O)C1O. The van der Waals surface area contributed by atoms with E-state index >= 15 is 0 Å². The van der Waals surface area contributed by atoms with Gasteiger partial charge in [-0.2, -0.15) is 0 Å². The Balaban J connectivity index is 1.77. The van der Waals surface area contributed by atoms with Crippen LogP contribution in [-0.4, -0.2) is 142 Å². The fraction of sp³-hybridized carbons (Fsp3) is 0.772. The molecule has 0 radical (unpaired) electrons. The number of hydrogen-bond donors (Lipinski definition) is 7. The monoisotopic (exact) mass is 1010 g/mol. The second-order valence-corrected chi connectivity index (χ2v) is 19.0. The maximum Gasteiger partial charge on any atom is 0.306 e. The number of allylic oxidation sites excluding steroid dienone is 12. The van der Waals surface area contributed by atoms with E-state index < -0.39 is 86.7 Å². The molecule has 0 aromatic rings. The van der Waals surface area contributed by atoms with Gasteiger partial charge >= 0.3 is 5.97 Å². The fourth-order valence-electron chi connectivity index (χ4n) is 8.29. The van der Waals surface area contributed by atoms with E-state index in [2.05, 4.69) is 86.8 Å². The van der Waals surface area contributed by atoms with E-state index in [4.69, 9.17) is 28.4 Å². The van der Waals surface area contributed by atoms with E-state index in [0.29, 0.717) is 13.0 Å². The topological polar surface area (TPSA) is 214 Å². The highest BCUT2D eigenvalue weighted by Gasteiger charge is 2.47. The van der Waals surface area contributed by atoms with Crippen LogP contribution in [0.4, 0.5) is 0 Å². The minimum atomic E-state index is -1.72. The lowest BCUT2D eigenvalue weighted by Gasteiger charge is -2.42. The zero-order valence-corrected chi connectivity index (χ0v) is 43.7. The Labute approximate surface area is 427 Å². The number of aliphatic hydroxyl groups excluding tert-OH is 7. The van der Waals surface area contributed by atoms with Gasteiger partial charge in [-0.05, 0) is 64.2 Å². The van der Waals surface area contributed by atoms with Gasteiger partial charge in [0.05, 0.1) is 26.4 Å². The number of unbranched alkanes of at least 4 members (excludes halogenated alkanes) is 17. The largest absolute Gasteiger partial charge is 0.457 e. The van der Waals surface area contributed by atoms with Crippen molar-refractivity contribution in [3.8, 4) is 0 Å². The number of esters is 1. The molecule has 0 spiro atoms. The smallest absolute Gasteiger partial charge is 0.306 e. The number of hydrogen-bond acceptors (Lipinski definition) is 14. The molecular formula is C57H98O14. The molecule has 410 valence electrons. The third-order valence-electron chi connectivity index (χ3n) is 12.7. The molecule has 14 heteroatoms. The van der Waals surface area contributed by atoms with Crippen LogP contribution in [0.2, 0.25) is 0 Å². The first kappa shape index (κ1) is 64.5. The van der Waals surface area contributed by atoms with Crippen LogP contribution in [0.15, 0.2) is 72.9 Å². The summed E-state index contributed by atoms with van der Waals surface area (Å²) in [6.45, 7) is 3.52. The third-order valence-corrected chi connectivity index (χ3v) is 12.7. The second-order valence-electron chi connectivity index (χ2n) is 19.0. The van der Waals surface area contributed by atoms with Crippen molar-refractivity contribution in [2.45, 2.75) is 248 Å². The fourth-order valence-corrected chi connectivity index (χ4v) is 8.29. The molecule has 0 aromatic heterocycles. The van der Waals surface area contributed by atoms with E-state index in [9.17, 15) is 40.5 Å². The average Bonchev–Trinajstić information content (AvgIpc) is 3.37. The summed E-state index contributed by atoms with van der Waals surface area (Å²) in [6, 6.07) is 0. The molecule has 71 heavy (non-hydrogen) atoms. The molecule has 2 saturated heterocycles. The Hall–Kier alpha value is -2.57. The highest BCUT2D eigenvalue weighted by Crippen LogP contribution is 2.26. The summed E-state index contributed by atoms with van der Waals surface area (Å²) in [4.78, 5) is 13.0. The van der Waals surface area contributed by atoms with E-state index in [-0.39, 0.29) is 19.6 Å². The van der Waals surface area contributed by atoms with Gasteiger partial charge in [0, 0.05) is 13.0 Å². The Morgan fingerprint density at radius 1 is 0.479 bits per heavy atom. The lowest BCUT2D eigenvalue weighted by Crippen LogP contribution is -2.61. The maximum absolute atomic E-state index is 13.0. The van der Waals surface area contributed by atoms with Crippen LogP contribution >= 0.6 is 0 Å². The molecule has 2 fully saturated rings. The third kappa shape index (κ3) is 31.0. The average molecular weight is 1010 g/mol. The van der Waals surface area contributed by atoms with Crippen LogP contribution in [0.1, 0.15) is 181 Å². The number of carbonyl (C=O) groups is 1. The van der Waals surface area contributed by atoms with Crippen molar-refractivity contribution in [1.29, 1.82) is 0 Å². The van der Waals surface area contributed by atoms with E-state index in [1.807, 2.05) is 0 Å². The lowest BCUT2D eigenvalue weighted by atomic mass is 9.98. The molecule has 0 aromatic carbocycles. The number of carbonyl (C=O) groups excluding carboxylic acids is 1. The molecule has 11 atom stereocenters. The normalized spacial score (nSPS) is 25.9. The van der Waals surface area contributed by atoms with Crippen molar-refractivity contribution in [3.05, 3.63) is 72.9 Å². The van der Waals surface area contributed by atoms with Crippen molar-refractivity contribution >= 4 is 5.97 Å². The van der Waals surface area contributed by atoms with Crippen molar-refractivity contribution in [2.24, 2.45) is 0 Å². The zero-order chi connectivity index (χ0) is 51.6. The highest BCUT2D eigenvalue weighted by atomic mass is 16.7. The Kier molecular flexibility index (Phi) is 39.8. The molecule has 2 heterocycles. The molecule has 2 aliphatic heterocycles. The van der Waals surface area contributed by atoms with Crippen LogP contribution in [0.3, 0.4) is 0 Å². The molecule has 14 nitrogen and oxygen atoms in total. The summed E-state index contributed by atoms with van der Waals surface area (Å²) in [6.07, 6.45) is 38.2. The van der Waals surface area contributed by atoms with Crippen molar-refractivity contribution < 1.29 is 69.0 Å². The van der Waals surface area contributed by atoms with Gasteiger partial charge in [-0.25, -0.2) is 0 Å². The van der Waals surface area contributed by atoms with Gasteiger partial charge in [-0.15, -0.1) is 0 Å². The Bertz CT molecular complexity index is 1450. The van der Waals surface area contributed by atoms with Crippen LogP contribution < -0.4 is 0 Å². The van der Waals surface area contributed by atoms with E-state index in [0.717, 1.165) is 70.6 Å². The van der Waals surface area contributed by atoms with Crippen molar-refractivity contribution in [1.82, 2.24) is 0 Å². The molecular weight excluding hydrogens is 909 g/mol. The van der Waals surface area contributed by atoms with Crippen LogP contribution in [0.25, 0.3) is 0 Å². The molecule has 0 amide bonds. The summed E-state index contributed by atoms with van der Waals surface area (Å²) in [5, 5.41) is 72.2. The molecule has 0 bridgehead atoms. The maximum atomic E-state index is 13.0. The van der Waals surface area contributed by atoms with Gasteiger partial charge < -0.3 is 64.2 Å². The first-order valence-electron chi connectivity index (χ1n) is 27.5. The molecule has 11 unspecified atom stereocenters. The molecule has 0 saturated carbocycles. The summed E-state index contributed by atoms with van der Waals surface area (Å²) in [7, 11) is 0. The first-order valence-corrected chi connectivity index (χ1v) is 27.5. The predicted octanol–water partition coefficient (Wildman–Crippen LogP) is 9.08. The quantitative estimate of drug-likeness (QED) is 0.0173. The van der Waals surface area contributed by atoms with Gasteiger partial charge in [0.25, 0.3) is 0 Å². The van der Waals surface area contributed by atoms with Gasteiger partial charge in [0.15, 0.2) is 12.6 Å². The predicted molar refractivity (Wildman–Crippen MR) is 279 cm³/mol. The van der Waals surface area contributed by atoms with Gasteiger partial charge in [-0.1, -0.05) is 183 Å². The Morgan fingerprint density at radius 2 is 0.915 bits per heavy atom. The minimum absolute atomic E-state index is 0.0423. The van der Waals surface area contributed by atoms with Crippen LogP contribution in [0, 0.1) is 0 Å². The standard InChI is InChI=1S/C57H98O14/c1-3-5-7-9-11-13-15-17-19-21-22-23-24-25-26-28-30-32-34-36-38-40-49(59)69-46(43-66-41-39-37-35-33-31-29-27-20-18-16-14-12-10-8-6-4-2)44-67-56-55(65)53(63)51(61)48(71-56)45-68-57-54(64)52(62)50(60)47(42-58)70-57/h5,7,11,13,17,19,22-23,25-26,30,32,46-48,50-58,60-65H,3-4,6,8-10,12,14-16,18,20-21,24,27-29,31,33-45H2,1-2H3/b7-5-,13-11-,19-17-,23-22-,26-25-,32-30-. The summed E-state index contributed by atoms with van der Waals surface area (Å²) >= 11 is 0. The van der Waals surface area contributed by atoms with E-state index in [1.165, 1.54) is 83.5 Å². The van der Waals surface area contributed by atoms with Gasteiger partial charge in [0.1, 0.15) is 54.9 Å². The number of aliphatic hydroxyl groups is 7. The molecule has 2 rings (SSSR count). The zero-order valence-electron chi connectivity index (χ0n) is 43.7. The first-order chi connectivity index (χ1) is 34.6. The summed E-state index contributed by atoms with van der Waals surface area (Å²) < 4.78 is 34.3. The lowest BCUT2D eigenvalue weighted by molar-refractivity contribution is -0.332. The number of ether oxygens (including phenoxy) is 6. The molecule has 7 N–H and O–H groups in total. The van der Waals surface area contributed by atoms with Gasteiger partial charge in [0.2, 0.25) is 0 Å². The second kappa shape index (κ2) is 43.8. The molecule has 0 aliphatic carbocycles. The highest BCUT2D eigenvalue weighted by molar-refractivity contribution is 5.69. The Morgan fingerprint density at radius 3 is 1.41 bits per heavy atom. The molecule has 2 aliphatic rings. The van der Waals surface area contributed by atoms with Crippen molar-refractivity contribution in [2.75, 3.05) is 33.0 Å².